The molecule has 0 radical (unpaired) electrons. The van der Waals surface area contributed by atoms with E-state index in [9.17, 15) is 15.3 Å². The van der Waals surface area contributed by atoms with Gasteiger partial charge in [0.15, 0.2) is 6.29 Å². The largest absolute Gasteiger partial charge is 0.388 e. The molecule has 3 N–H and O–H groups in total. The molecule has 1 saturated heterocycles. The first-order valence-corrected chi connectivity index (χ1v) is 4.32. The fraction of sp³-hybridized carbons (Fsp3) is 0.778. The average molecular weight is 202 g/mol. The van der Waals surface area contributed by atoms with Crippen LogP contribution in [-0.4, -0.2) is 52.6 Å². The third kappa shape index (κ3) is 2.23. The number of aliphatic hydroxyl groups excluding tert-OH is 3. The van der Waals surface area contributed by atoms with E-state index in [2.05, 4.69) is 5.92 Å². The van der Waals surface area contributed by atoms with Gasteiger partial charge < -0.3 is 24.8 Å². The first-order valence-electron chi connectivity index (χ1n) is 4.32. The molecule has 0 amide bonds. The van der Waals surface area contributed by atoms with Gasteiger partial charge in [-0.05, 0) is 6.92 Å². The van der Waals surface area contributed by atoms with Crippen LogP contribution in [-0.2, 0) is 9.47 Å². The molecule has 0 aromatic heterocycles. The molecular formula is C9H14O5. The summed E-state index contributed by atoms with van der Waals surface area (Å²) in [5.74, 6) is 2.22. The van der Waals surface area contributed by atoms with E-state index in [1.807, 2.05) is 0 Å². The van der Waals surface area contributed by atoms with Crippen molar-refractivity contribution in [3.63, 3.8) is 0 Å². The van der Waals surface area contributed by atoms with E-state index >= 15 is 0 Å². The summed E-state index contributed by atoms with van der Waals surface area (Å²) in [5.41, 5.74) is 0. The fourth-order valence-electron chi connectivity index (χ4n) is 1.28. The van der Waals surface area contributed by atoms with Crippen LogP contribution in [0.3, 0.4) is 0 Å². The molecule has 0 aliphatic carbocycles. The van der Waals surface area contributed by atoms with Crippen molar-refractivity contribution in [3.05, 3.63) is 0 Å². The summed E-state index contributed by atoms with van der Waals surface area (Å²) in [6.07, 6.45) is -0.298. The van der Waals surface area contributed by atoms with E-state index in [-0.39, 0.29) is 6.61 Å². The Morgan fingerprint density at radius 1 is 1.29 bits per heavy atom. The van der Waals surface area contributed by atoms with Crippen LogP contribution in [0.25, 0.3) is 0 Å². The van der Waals surface area contributed by atoms with Gasteiger partial charge in [0.1, 0.15) is 24.9 Å². The standard InChI is InChI=1S/C9H14O5/c1-3-4-13-9-8(12)7(11)6(10)5(2)14-9/h1,5-12H,4H2,2H3/t5-,6+,7+,8-,9+/m0/s1. The monoisotopic (exact) mass is 202 g/mol. The minimum atomic E-state index is -1.28. The minimum absolute atomic E-state index is 0.0166. The summed E-state index contributed by atoms with van der Waals surface area (Å²) in [7, 11) is 0. The van der Waals surface area contributed by atoms with Crippen LogP contribution in [0.2, 0.25) is 0 Å². The average Bonchev–Trinajstić information content (AvgIpc) is 2.18. The van der Waals surface area contributed by atoms with Crippen LogP contribution in [0.4, 0.5) is 0 Å². The topological polar surface area (TPSA) is 79.2 Å². The molecule has 1 fully saturated rings. The molecule has 5 atom stereocenters. The van der Waals surface area contributed by atoms with Crippen molar-refractivity contribution in [2.75, 3.05) is 6.61 Å². The number of ether oxygens (including phenoxy) is 2. The maximum absolute atomic E-state index is 9.42. The molecule has 0 aromatic rings. The highest BCUT2D eigenvalue weighted by Gasteiger charge is 2.42. The molecule has 5 heteroatoms. The van der Waals surface area contributed by atoms with Crippen molar-refractivity contribution in [3.8, 4) is 12.3 Å². The van der Waals surface area contributed by atoms with Gasteiger partial charge in [0.25, 0.3) is 0 Å². The molecule has 1 heterocycles. The molecule has 0 aromatic carbocycles. The van der Waals surface area contributed by atoms with E-state index in [0.717, 1.165) is 0 Å². The van der Waals surface area contributed by atoms with E-state index in [1.54, 1.807) is 6.92 Å². The molecule has 0 saturated carbocycles. The number of aliphatic hydroxyl groups is 3. The zero-order valence-electron chi connectivity index (χ0n) is 7.83. The highest BCUT2D eigenvalue weighted by atomic mass is 16.7. The summed E-state index contributed by atoms with van der Waals surface area (Å²) in [6.45, 7) is 1.56. The lowest BCUT2D eigenvalue weighted by atomic mass is 10.0. The van der Waals surface area contributed by atoms with Crippen molar-refractivity contribution in [2.45, 2.75) is 37.6 Å². The lowest BCUT2D eigenvalue weighted by Gasteiger charge is -2.38. The summed E-state index contributed by atoms with van der Waals surface area (Å²) in [6, 6.07) is 0. The van der Waals surface area contributed by atoms with Gasteiger partial charge in [-0.25, -0.2) is 0 Å². The van der Waals surface area contributed by atoms with Crippen LogP contribution in [0, 0.1) is 12.3 Å². The Bertz CT molecular complexity index is 224. The lowest BCUT2D eigenvalue weighted by molar-refractivity contribution is -0.289. The summed E-state index contributed by atoms with van der Waals surface area (Å²) in [4.78, 5) is 0. The summed E-state index contributed by atoms with van der Waals surface area (Å²) in [5, 5.41) is 28.1. The smallest absolute Gasteiger partial charge is 0.187 e. The maximum Gasteiger partial charge on any atom is 0.187 e. The van der Waals surface area contributed by atoms with Gasteiger partial charge in [-0.3, -0.25) is 0 Å². The van der Waals surface area contributed by atoms with E-state index in [4.69, 9.17) is 15.9 Å². The molecule has 1 aliphatic heterocycles. The quantitative estimate of drug-likeness (QED) is 0.473. The zero-order valence-corrected chi connectivity index (χ0v) is 7.83. The van der Waals surface area contributed by atoms with Gasteiger partial charge in [-0.1, -0.05) is 5.92 Å². The van der Waals surface area contributed by atoms with Gasteiger partial charge in [0, 0.05) is 0 Å². The first kappa shape index (κ1) is 11.4. The van der Waals surface area contributed by atoms with Crippen LogP contribution < -0.4 is 0 Å². The SMILES string of the molecule is C#CCO[C@@H]1O[C@@H](C)[C@@H](O)[C@@H](O)[C@@H]1O. The highest BCUT2D eigenvalue weighted by molar-refractivity contribution is 4.89. The molecule has 14 heavy (non-hydrogen) atoms. The molecule has 0 unspecified atom stereocenters. The molecule has 0 bridgehead atoms. The third-order valence-electron chi connectivity index (χ3n) is 2.14. The van der Waals surface area contributed by atoms with Gasteiger partial charge in [0.05, 0.1) is 6.10 Å². The van der Waals surface area contributed by atoms with E-state index in [0.29, 0.717) is 0 Å². The number of hydrogen-bond donors (Lipinski definition) is 3. The maximum atomic E-state index is 9.42. The highest BCUT2D eigenvalue weighted by Crippen LogP contribution is 2.21. The van der Waals surface area contributed by atoms with Crippen LogP contribution >= 0.6 is 0 Å². The molecule has 0 spiro atoms. The molecular weight excluding hydrogens is 188 g/mol. The van der Waals surface area contributed by atoms with Crippen LogP contribution in [0.5, 0.6) is 0 Å². The van der Waals surface area contributed by atoms with Crippen LogP contribution in [0.15, 0.2) is 0 Å². The first-order chi connectivity index (χ1) is 6.57. The number of rotatable bonds is 2. The molecule has 1 rings (SSSR count). The fourth-order valence-corrected chi connectivity index (χ4v) is 1.28. The molecule has 5 nitrogen and oxygen atoms in total. The second kappa shape index (κ2) is 4.73. The summed E-state index contributed by atoms with van der Waals surface area (Å²) >= 11 is 0. The Kier molecular flexibility index (Phi) is 3.86. The van der Waals surface area contributed by atoms with E-state index < -0.39 is 30.7 Å². The van der Waals surface area contributed by atoms with Gasteiger partial charge in [-0.2, -0.15) is 0 Å². The van der Waals surface area contributed by atoms with Crippen molar-refractivity contribution in [1.29, 1.82) is 0 Å². The predicted octanol–water partition coefficient (Wildman–Crippen LogP) is -1.54. The Morgan fingerprint density at radius 2 is 1.93 bits per heavy atom. The van der Waals surface area contributed by atoms with Gasteiger partial charge >= 0.3 is 0 Å². The third-order valence-corrected chi connectivity index (χ3v) is 2.14. The second-order valence-corrected chi connectivity index (χ2v) is 3.20. The Hall–Kier alpha value is -0.640. The molecule has 1 aliphatic rings. The van der Waals surface area contributed by atoms with Gasteiger partial charge in [0.2, 0.25) is 0 Å². The van der Waals surface area contributed by atoms with E-state index in [1.165, 1.54) is 0 Å². The van der Waals surface area contributed by atoms with Crippen molar-refractivity contribution < 1.29 is 24.8 Å². The predicted molar refractivity (Wildman–Crippen MR) is 47.1 cm³/mol. The normalized spacial score (nSPS) is 43.2. The van der Waals surface area contributed by atoms with Crippen molar-refractivity contribution >= 4 is 0 Å². The number of terminal acetylenes is 1. The Balaban J connectivity index is 2.57. The Morgan fingerprint density at radius 3 is 2.50 bits per heavy atom. The number of hydrogen-bond acceptors (Lipinski definition) is 5. The molecule has 80 valence electrons. The van der Waals surface area contributed by atoms with Crippen molar-refractivity contribution in [1.82, 2.24) is 0 Å². The second-order valence-electron chi connectivity index (χ2n) is 3.20. The van der Waals surface area contributed by atoms with Gasteiger partial charge in [-0.15, -0.1) is 6.42 Å². The van der Waals surface area contributed by atoms with Crippen molar-refractivity contribution in [2.24, 2.45) is 0 Å². The zero-order chi connectivity index (χ0) is 10.7. The lowest BCUT2D eigenvalue weighted by Crippen LogP contribution is -2.57. The summed E-state index contributed by atoms with van der Waals surface area (Å²) < 4.78 is 10.1. The Labute approximate surface area is 82.3 Å². The minimum Gasteiger partial charge on any atom is -0.388 e. The van der Waals surface area contributed by atoms with Crippen LogP contribution in [0.1, 0.15) is 6.92 Å².